The van der Waals surface area contributed by atoms with Crippen molar-refractivity contribution in [2.75, 3.05) is 6.54 Å². The number of hydrogen-bond acceptors (Lipinski definition) is 3. The highest BCUT2D eigenvalue weighted by molar-refractivity contribution is 9.10. The smallest absolute Gasteiger partial charge is 0.333 e. The van der Waals surface area contributed by atoms with Crippen LogP contribution in [0.25, 0.3) is 10.9 Å². The number of alkyl halides is 3. The molecule has 0 aliphatic heterocycles. The Morgan fingerprint density at radius 2 is 1.82 bits per heavy atom. The lowest BCUT2D eigenvalue weighted by molar-refractivity contribution is -0.150. The Balaban J connectivity index is 1.96. The van der Waals surface area contributed by atoms with Gasteiger partial charge in [0.25, 0.3) is 0 Å². The first-order chi connectivity index (χ1) is 13.3. The van der Waals surface area contributed by atoms with Gasteiger partial charge in [-0.25, -0.2) is 0 Å². The van der Waals surface area contributed by atoms with E-state index in [1.54, 1.807) is 47.0 Å². The highest BCUT2D eigenvalue weighted by atomic mass is 79.9. The fourth-order valence-electron chi connectivity index (χ4n) is 3.01. The first kappa shape index (κ1) is 20.1. The van der Waals surface area contributed by atoms with Crippen molar-refractivity contribution in [3.05, 3.63) is 80.6 Å². The van der Waals surface area contributed by atoms with Gasteiger partial charge in [-0.1, -0.05) is 18.2 Å². The number of benzene rings is 2. The van der Waals surface area contributed by atoms with Gasteiger partial charge in [0, 0.05) is 28.7 Å². The molecule has 28 heavy (non-hydrogen) atoms. The minimum atomic E-state index is -4.38. The predicted octanol–water partition coefficient (Wildman–Crippen LogP) is 4.66. The summed E-state index contributed by atoms with van der Waals surface area (Å²) in [6.07, 6.45) is -2.88. The van der Waals surface area contributed by atoms with Gasteiger partial charge in [-0.05, 0) is 45.8 Å². The lowest BCUT2D eigenvalue weighted by atomic mass is 10.1. The molecule has 0 saturated carbocycles. The van der Waals surface area contributed by atoms with Crippen LogP contribution in [-0.4, -0.2) is 22.2 Å². The topological polar surface area (TPSA) is 49.0 Å². The number of fused-ring (bicyclic) bond motifs is 1. The molecule has 0 fully saturated rings. The maximum Gasteiger partial charge on any atom is 0.401 e. The number of halogens is 4. The van der Waals surface area contributed by atoms with Crippen LogP contribution in [0.1, 0.15) is 11.1 Å². The molecule has 3 aromatic rings. The van der Waals surface area contributed by atoms with Crippen molar-refractivity contribution in [2.24, 2.45) is 0 Å². The fraction of sp³-hybridized carbons (Fsp3) is 0.200. The van der Waals surface area contributed by atoms with Crippen LogP contribution in [0.5, 0.6) is 0 Å². The predicted molar refractivity (Wildman–Crippen MR) is 104 cm³/mol. The van der Waals surface area contributed by atoms with E-state index in [2.05, 4.69) is 15.9 Å². The molecule has 3 rings (SSSR count). The molecule has 0 N–H and O–H groups in total. The normalized spacial score (nSPS) is 11.7. The average molecular weight is 450 g/mol. The molecule has 0 saturated heterocycles. The third-order valence-electron chi connectivity index (χ3n) is 4.19. The van der Waals surface area contributed by atoms with Crippen molar-refractivity contribution >= 4 is 26.8 Å². The van der Waals surface area contributed by atoms with E-state index in [9.17, 15) is 18.0 Å². The second kappa shape index (κ2) is 8.17. The quantitative estimate of drug-likeness (QED) is 0.569. The van der Waals surface area contributed by atoms with E-state index in [1.165, 1.54) is 17.2 Å². The highest BCUT2D eigenvalue weighted by Crippen LogP contribution is 2.24. The van der Waals surface area contributed by atoms with Gasteiger partial charge in [0.15, 0.2) is 5.43 Å². The SMILES string of the molecule is N#Cc1ccc(CN(Cn2ccc(=O)c3cccc(Br)c32)CC(F)(F)F)cc1. The zero-order chi connectivity index (χ0) is 20.3. The summed E-state index contributed by atoms with van der Waals surface area (Å²) in [5.41, 5.74) is 1.46. The second-order valence-corrected chi connectivity index (χ2v) is 7.19. The molecule has 0 unspecified atom stereocenters. The molecule has 1 aromatic heterocycles. The van der Waals surface area contributed by atoms with Gasteiger partial charge in [0.2, 0.25) is 0 Å². The highest BCUT2D eigenvalue weighted by Gasteiger charge is 2.31. The molecular weight excluding hydrogens is 435 g/mol. The zero-order valence-corrected chi connectivity index (χ0v) is 16.2. The molecule has 0 atom stereocenters. The van der Waals surface area contributed by atoms with Crippen molar-refractivity contribution < 1.29 is 13.2 Å². The maximum absolute atomic E-state index is 13.1. The molecule has 0 amide bonds. The number of hydrogen-bond donors (Lipinski definition) is 0. The molecule has 2 aromatic carbocycles. The Kier molecular flexibility index (Phi) is 5.87. The molecular formula is C20H15BrF3N3O. The summed E-state index contributed by atoms with van der Waals surface area (Å²) in [5, 5.41) is 9.30. The Labute approximate surface area is 167 Å². The summed E-state index contributed by atoms with van der Waals surface area (Å²) >= 11 is 3.38. The van der Waals surface area contributed by atoms with Crippen LogP contribution >= 0.6 is 15.9 Å². The monoisotopic (exact) mass is 449 g/mol. The Morgan fingerprint density at radius 1 is 1.11 bits per heavy atom. The maximum atomic E-state index is 13.1. The summed E-state index contributed by atoms with van der Waals surface area (Å²) in [5.74, 6) is 0. The molecule has 0 aliphatic carbocycles. The number of nitriles is 1. The van der Waals surface area contributed by atoms with Crippen LogP contribution in [0.3, 0.4) is 0 Å². The van der Waals surface area contributed by atoms with Crippen LogP contribution in [-0.2, 0) is 13.2 Å². The van der Waals surface area contributed by atoms with E-state index >= 15 is 0 Å². The van der Waals surface area contributed by atoms with E-state index in [1.807, 2.05) is 6.07 Å². The number of nitrogens with zero attached hydrogens (tertiary/aromatic N) is 3. The Morgan fingerprint density at radius 3 is 2.46 bits per heavy atom. The lowest BCUT2D eigenvalue weighted by Gasteiger charge is -2.26. The third kappa shape index (κ3) is 4.80. The zero-order valence-electron chi connectivity index (χ0n) is 14.6. The minimum absolute atomic E-state index is 0.0449. The lowest BCUT2D eigenvalue weighted by Crippen LogP contribution is -2.35. The summed E-state index contributed by atoms with van der Waals surface area (Å²) in [7, 11) is 0. The number of rotatable bonds is 5. The van der Waals surface area contributed by atoms with Crippen LogP contribution in [0.4, 0.5) is 13.2 Å². The Bertz CT molecular complexity index is 1090. The van der Waals surface area contributed by atoms with Gasteiger partial charge >= 0.3 is 6.18 Å². The van der Waals surface area contributed by atoms with Gasteiger partial charge in [-0.2, -0.15) is 18.4 Å². The van der Waals surface area contributed by atoms with Crippen molar-refractivity contribution in [3.8, 4) is 6.07 Å². The summed E-state index contributed by atoms with van der Waals surface area (Å²) < 4.78 is 41.7. The van der Waals surface area contributed by atoms with Gasteiger partial charge < -0.3 is 4.57 Å². The fourth-order valence-corrected chi connectivity index (χ4v) is 3.61. The second-order valence-electron chi connectivity index (χ2n) is 6.34. The summed E-state index contributed by atoms with van der Waals surface area (Å²) in [6, 6.07) is 14.9. The number of pyridine rings is 1. The van der Waals surface area contributed by atoms with Crippen LogP contribution < -0.4 is 5.43 Å². The van der Waals surface area contributed by atoms with Crippen molar-refractivity contribution in [3.63, 3.8) is 0 Å². The summed E-state index contributed by atoms with van der Waals surface area (Å²) in [4.78, 5) is 13.3. The Hall–Kier alpha value is -2.63. The third-order valence-corrected chi connectivity index (χ3v) is 4.83. The minimum Gasteiger partial charge on any atom is -0.333 e. The van der Waals surface area contributed by atoms with Gasteiger partial charge in [0.05, 0.1) is 30.4 Å². The van der Waals surface area contributed by atoms with Gasteiger partial charge in [0.1, 0.15) is 0 Å². The average Bonchev–Trinajstić information content (AvgIpc) is 2.63. The van der Waals surface area contributed by atoms with E-state index in [-0.39, 0.29) is 18.6 Å². The molecule has 0 radical (unpaired) electrons. The summed E-state index contributed by atoms with van der Waals surface area (Å²) in [6.45, 7) is -1.12. The van der Waals surface area contributed by atoms with Gasteiger partial charge in [-0.3, -0.25) is 9.69 Å². The molecule has 4 nitrogen and oxygen atoms in total. The molecule has 1 heterocycles. The number of aromatic nitrogens is 1. The van der Waals surface area contributed by atoms with Crippen molar-refractivity contribution in [1.29, 1.82) is 5.26 Å². The van der Waals surface area contributed by atoms with E-state index in [4.69, 9.17) is 5.26 Å². The van der Waals surface area contributed by atoms with Crippen LogP contribution in [0.2, 0.25) is 0 Å². The van der Waals surface area contributed by atoms with Crippen molar-refractivity contribution in [1.82, 2.24) is 9.47 Å². The first-order valence-corrected chi connectivity index (χ1v) is 9.12. The van der Waals surface area contributed by atoms with E-state index < -0.39 is 12.7 Å². The van der Waals surface area contributed by atoms with E-state index in [0.29, 0.717) is 26.5 Å². The van der Waals surface area contributed by atoms with E-state index in [0.717, 1.165) is 0 Å². The van der Waals surface area contributed by atoms with Crippen LogP contribution in [0.15, 0.2) is 64.0 Å². The standard InChI is InChI=1S/C20H15BrF3N3O/c21-17-3-1-2-16-18(28)8-9-27(19(16)17)13-26(12-20(22,23)24)11-15-6-4-14(10-25)5-7-15/h1-9H,11-13H2. The molecule has 0 spiro atoms. The number of para-hydroxylation sites is 1. The van der Waals surface area contributed by atoms with Crippen molar-refractivity contribution in [2.45, 2.75) is 19.4 Å². The molecule has 0 aliphatic rings. The molecule has 8 heteroatoms. The molecule has 0 bridgehead atoms. The van der Waals surface area contributed by atoms with Gasteiger partial charge in [-0.15, -0.1) is 0 Å². The molecule has 144 valence electrons. The van der Waals surface area contributed by atoms with Crippen LogP contribution in [0, 0.1) is 11.3 Å². The largest absolute Gasteiger partial charge is 0.401 e. The first-order valence-electron chi connectivity index (χ1n) is 8.32.